The van der Waals surface area contributed by atoms with Crippen LogP contribution in [-0.2, 0) is 11.3 Å². The van der Waals surface area contributed by atoms with Crippen LogP contribution in [0.1, 0.15) is 30.7 Å². The van der Waals surface area contributed by atoms with E-state index in [1.807, 2.05) is 24.3 Å². The molecule has 5 nitrogen and oxygen atoms in total. The zero-order valence-electron chi connectivity index (χ0n) is 11.2. The molecule has 20 heavy (non-hydrogen) atoms. The predicted molar refractivity (Wildman–Crippen MR) is 75.6 cm³/mol. The number of benzene rings is 1. The average molecular weight is 294 g/mol. The Hall–Kier alpha value is -1.59. The summed E-state index contributed by atoms with van der Waals surface area (Å²) in [6.07, 6.45) is 2.30. The molecule has 106 valence electrons. The van der Waals surface area contributed by atoms with Gasteiger partial charge in [0.25, 0.3) is 0 Å². The first-order valence-corrected chi connectivity index (χ1v) is 6.99. The molecule has 1 aromatic heterocycles. The molecular weight excluding hydrogens is 278 g/mol. The molecule has 1 saturated carbocycles. The number of methoxy groups -OCH3 is 1. The molecule has 0 saturated heterocycles. The van der Waals surface area contributed by atoms with Gasteiger partial charge in [0.1, 0.15) is 6.10 Å². The summed E-state index contributed by atoms with van der Waals surface area (Å²) in [6.45, 7) is 0.467. The van der Waals surface area contributed by atoms with Gasteiger partial charge in [-0.25, -0.2) is 0 Å². The number of hydrogen-bond acceptors (Lipinski definition) is 5. The molecule has 1 heterocycles. The minimum Gasteiger partial charge on any atom is -0.376 e. The van der Waals surface area contributed by atoms with Crippen molar-refractivity contribution < 1.29 is 9.26 Å². The summed E-state index contributed by atoms with van der Waals surface area (Å²) in [6, 6.07) is 7.50. The van der Waals surface area contributed by atoms with Crippen LogP contribution in [0.2, 0.25) is 5.02 Å². The minimum absolute atomic E-state index is 0.0429. The van der Waals surface area contributed by atoms with Crippen LogP contribution in [0.3, 0.4) is 0 Å². The van der Waals surface area contributed by atoms with Crippen LogP contribution in [0.4, 0.5) is 5.69 Å². The smallest absolute Gasteiger partial charge is 0.246 e. The van der Waals surface area contributed by atoms with Gasteiger partial charge in [-0.15, -0.1) is 0 Å². The van der Waals surface area contributed by atoms with Crippen molar-refractivity contribution in [2.24, 2.45) is 5.92 Å². The molecule has 0 spiro atoms. The first-order valence-electron chi connectivity index (χ1n) is 6.61. The van der Waals surface area contributed by atoms with Crippen molar-refractivity contribution >= 4 is 17.3 Å². The van der Waals surface area contributed by atoms with Crippen molar-refractivity contribution in [3.05, 3.63) is 41.0 Å². The SMILES string of the molecule is COC(c1noc(CNc2cccc(Cl)c2)n1)C1CC1. The molecule has 3 rings (SSSR count). The second-order valence-corrected chi connectivity index (χ2v) is 5.34. The van der Waals surface area contributed by atoms with E-state index in [0.717, 1.165) is 5.69 Å². The van der Waals surface area contributed by atoms with Crippen molar-refractivity contribution in [1.82, 2.24) is 10.1 Å². The van der Waals surface area contributed by atoms with Crippen LogP contribution in [0.5, 0.6) is 0 Å². The summed E-state index contributed by atoms with van der Waals surface area (Å²) in [7, 11) is 1.68. The van der Waals surface area contributed by atoms with Crippen molar-refractivity contribution in [2.75, 3.05) is 12.4 Å². The number of halogens is 1. The first kappa shape index (κ1) is 13.4. The fourth-order valence-electron chi connectivity index (χ4n) is 2.14. The molecule has 0 radical (unpaired) electrons. The van der Waals surface area contributed by atoms with Crippen molar-refractivity contribution in [2.45, 2.75) is 25.5 Å². The first-order chi connectivity index (χ1) is 9.76. The molecule has 1 aliphatic rings. The summed E-state index contributed by atoms with van der Waals surface area (Å²) in [5, 5.41) is 7.89. The quantitative estimate of drug-likeness (QED) is 0.884. The Kier molecular flexibility index (Phi) is 3.89. The molecule has 0 aliphatic heterocycles. The predicted octanol–water partition coefficient (Wildman–Crippen LogP) is 3.43. The molecule has 1 aromatic carbocycles. The fraction of sp³-hybridized carbons (Fsp3) is 0.429. The van der Waals surface area contributed by atoms with Crippen LogP contribution < -0.4 is 5.32 Å². The Morgan fingerprint density at radius 3 is 3.05 bits per heavy atom. The van der Waals surface area contributed by atoms with E-state index in [1.54, 1.807) is 7.11 Å². The molecule has 0 amide bonds. The maximum absolute atomic E-state index is 5.92. The van der Waals surface area contributed by atoms with Crippen molar-refractivity contribution in [3.63, 3.8) is 0 Å². The third-order valence-electron chi connectivity index (χ3n) is 3.31. The third kappa shape index (κ3) is 3.11. The lowest BCUT2D eigenvalue weighted by molar-refractivity contribution is 0.0751. The highest BCUT2D eigenvalue weighted by atomic mass is 35.5. The van der Waals surface area contributed by atoms with E-state index in [9.17, 15) is 0 Å². The maximum Gasteiger partial charge on any atom is 0.246 e. The number of anilines is 1. The van der Waals surface area contributed by atoms with Gasteiger partial charge < -0.3 is 14.6 Å². The summed E-state index contributed by atoms with van der Waals surface area (Å²) in [4.78, 5) is 4.38. The van der Waals surface area contributed by atoms with E-state index in [4.69, 9.17) is 20.9 Å². The molecule has 1 N–H and O–H groups in total. The minimum atomic E-state index is -0.0429. The molecule has 2 aromatic rings. The standard InChI is InChI=1S/C14H16ClN3O2/c1-19-13(9-5-6-9)14-17-12(20-18-14)8-16-11-4-2-3-10(15)7-11/h2-4,7,9,13,16H,5-6,8H2,1H3. The summed E-state index contributed by atoms with van der Waals surface area (Å²) < 4.78 is 10.7. The zero-order chi connectivity index (χ0) is 13.9. The van der Waals surface area contributed by atoms with E-state index in [2.05, 4.69) is 15.5 Å². The Bertz CT molecular complexity index is 583. The molecule has 1 aliphatic carbocycles. The zero-order valence-corrected chi connectivity index (χ0v) is 11.9. The van der Waals surface area contributed by atoms with Gasteiger partial charge >= 0.3 is 0 Å². The van der Waals surface area contributed by atoms with Gasteiger partial charge in [0, 0.05) is 17.8 Å². The van der Waals surface area contributed by atoms with Gasteiger partial charge in [0.15, 0.2) is 0 Å². The highest BCUT2D eigenvalue weighted by Crippen LogP contribution is 2.41. The Balaban J connectivity index is 1.62. The molecule has 1 atom stereocenters. The second kappa shape index (κ2) is 5.81. The molecule has 1 fully saturated rings. The Morgan fingerprint density at radius 1 is 1.50 bits per heavy atom. The van der Waals surface area contributed by atoms with Gasteiger partial charge in [-0.3, -0.25) is 0 Å². The summed E-state index contributed by atoms with van der Waals surface area (Å²) in [5.74, 6) is 1.71. The van der Waals surface area contributed by atoms with Crippen LogP contribution in [0.15, 0.2) is 28.8 Å². The third-order valence-corrected chi connectivity index (χ3v) is 3.55. The number of aromatic nitrogens is 2. The van der Waals surface area contributed by atoms with E-state index < -0.39 is 0 Å². The van der Waals surface area contributed by atoms with Gasteiger partial charge in [-0.05, 0) is 37.0 Å². The van der Waals surface area contributed by atoms with Crippen molar-refractivity contribution in [1.29, 1.82) is 0 Å². The summed E-state index contributed by atoms with van der Waals surface area (Å²) in [5.41, 5.74) is 0.919. The number of nitrogens with one attached hydrogen (secondary N) is 1. The molecule has 6 heteroatoms. The maximum atomic E-state index is 5.92. The van der Waals surface area contributed by atoms with Gasteiger partial charge in [0.05, 0.1) is 6.54 Å². The number of hydrogen-bond donors (Lipinski definition) is 1. The average Bonchev–Trinajstić information content (AvgIpc) is 3.16. The van der Waals surface area contributed by atoms with Crippen LogP contribution in [0.25, 0.3) is 0 Å². The number of ether oxygens (including phenoxy) is 1. The van der Waals surface area contributed by atoms with E-state index in [0.29, 0.717) is 29.2 Å². The molecule has 0 bridgehead atoms. The fourth-order valence-corrected chi connectivity index (χ4v) is 2.33. The Labute approximate surface area is 122 Å². The summed E-state index contributed by atoms with van der Waals surface area (Å²) >= 11 is 5.92. The molecular formula is C14H16ClN3O2. The largest absolute Gasteiger partial charge is 0.376 e. The van der Waals surface area contributed by atoms with Gasteiger partial charge in [-0.2, -0.15) is 4.98 Å². The van der Waals surface area contributed by atoms with Crippen LogP contribution in [-0.4, -0.2) is 17.3 Å². The van der Waals surface area contributed by atoms with Gasteiger partial charge in [0.2, 0.25) is 11.7 Å². The van der Waals surface area contributed by atoms with E-state index in [1.165, 1.54) is 12.8 Å². The lowest BCUT2D eigenvalue weighted by Gasteiger charge is -2.08. The van der Waals surface area contributed by atoms with Crippen molar-refractivity contribution in [3.8, 4) is 0 Å². The van der Waals surface area contributed by atoms with Crippen LogP contribution in [0, 0.1) is 5.92 Å². The lowest BCUT2D eigenvalue weighted by atomic mass is 10.2. The highest BCUT2D eigenvalue weighted by Gasteiger charge is 2.35. The normalized spacial score (nSPS) is 16.1. The Morgan fingerprint density at radius 2 is 2.35 bits per heavy atom. The van der Waals surface area contributed by atoms with E-state index >= 15 is 0 Å². The highest BCUT2D eigenvalue weighted by molar-refractivity contribution is 6.30. The lowest BCUT2D eigenvalue weighted by Crippen LogP contribution is -2.06. The van der Waals surface area contributed by atoms with Crippen LogP contribution >= 0.6 is 11.6 Å². The molecule has 1 unspecified atom stereocenters. The number of nitrogens with zero attached hydrogens (tertiary/aromatic N) is 2. The van der Waals surface area contributed by atoms with Gasteiger partial charge in [-0.1, -0.05) is 22.8 Å². The monoisotopic (exact) mass is 293 g/mol. The van der Waals surface area contributed by atoms with E-state index in [-0.39, 0.29) is 6.10 Å². The topological polar surface area (TPSA) is 60.2 Å². The second-order valence-electron chi connectivity index (χ2n) is 4.90. The number of rotatable bonds is 6.